The van der Waals surface area contributed by atoms with Gasteiger partial charge in [0.1, 0.15) is 10.6 Å². The summed E-state index contributed by atoms with van der Waals surface area (Å²) in [6, 6.07) is 0.233. The van der Waals surface area contributed by atoms with Crippen molar-refractivity contribution in [1.82, 2.24) is 20.1 Å². The van der Waals surface area contributed by atoms with Gasteiger partial charge in [-0.1, -0.05) is 0 Å². The Bertz CT molecular complexity index is 713. The number of rotatable bonds is 3. The molecule has 2 aliphatic heterocycles. The van der Waals surface area contributed by atoms with Crippen molar-refractivity contribution < 1.29 is 9.53 Å². The van der Waals surface area contributed by atoms with E-state index < -0.39 is 5.60 Å². The number of amides is 1. The van der Waals surface area contributed by atoms with Crippen LogP contribution >= 0.6 is 35.3 Å². The standard InChI is InChI=1S/C18H27N5O2S.HI/c1-18(2,3)25-17(24)22-6-7-23-13(10-22)8-19-16(23)20-9-15-21-14(11-26-15)12-4-5-12;/h11-13H,4-10H2,1-3H3,(H,19,20);1H. The summed E-state index contributed by atoms with van der Waals surface area (Å²) >= 11 is 1.72. The lowest BCUT2D eigenvalue weighted by Gasteiger charge is -2.39. The fourth-order valence-corrected chi connectivity index (χ4v) is 4.17. The zero-order valence-electron chi connectivity index (χ0n) is 16.1. The van der Waals surface area contributed by atoms with Crippen LogP contribution in [0.5, 0.6) is 0 Å². The van der Waals surface area contributed by atoms with Gasteiger partial charge in [-0.3, -0.25) is 4.99 Å². The van der Waals surface area contributed by atoms with Gasteiger partial charge in [0.15, 0.2) is 5.96 Å². The molecule has 1 aliphatic carbocycles. The van der Waals surface area contributed by atoms with Crippen LogP contribution in [-0.2, 0) is 11.3 Å². The van der Waals surface area contributed by atoms with Crippen molar-refractivity contribution >= 4 is 47.4 Å². The SMILES string of the molecule is CC(C)(C)OC(=O)N1CCN2C(NCc3nc(C4CC4)cs3)=NCC2C1.I. The van der Waals surface area contributed by atoms with Crippen LogP contribution in [0, 0.1) is 0 Å². The number of hydrogen-bond donors (Lipinski definition) is 1. The predicted octanol–water partition coefficient (Wildman–Crippen LogP) is 3.02. The van der Waals surface area contributed by atoms with Crippen LogP contribution < -0.4 is 5.32 Å². The quantitative estimate of drug-likeness (QED) is 0.640. The third-order valence-corrected chi connectivity index (χ3v) is 5.69. The number of aliphatic imine (C=N–C) groups is 1. The van der Waals surface area contributed by atoms with E-state index in [1.54, 1.807) is 16.2 Å². The first-order chi connectivity index (χ1) is 12.4. The summed E-state index contributed by atoms with van der Waals surface area (Å²) in [5.41, 5.74) is 0.796. The normalized spacial score (nSPS) is 22.0. The maximum Gasteiger partial charge on any atom is 0.410 e. The van der Waals surface area contributed by atoms with Crippen molar-refractivity contribution in [2.45, 2.75) is 57.7 Å². The van der Waals surface area contributed by atoms with Crippen molar-refractivity contribution in [3.05, 3.63) is 16.1 Å². The van der Waals surface area contributed by atoms with E-state index in [1.165, 1.54) is 18.5 Å². The smallest absolute Gasteiger partial charge is 0.410 e. The highest BCUT2D eigenvalue weighted by molar-refractivity contribution is 14.0. The molecule has 9 heteroatoms. The second-order valence-corrected chi connectivity index (χ2v) is 9.17. The average molecular weight is 505 g/mol. The fourth-order valence-electron chi connectivity index (χ4n) is 3.35. The van der Waals surface area contributed by atoms with E-state index in [4.69, 9.17) is 9.72 Å². The zero-order chi connectivity index (χ0) is 18.3. The molecule has 150 valence electrons. The van der Waals surface area contributed by atoms with Gasteiger partial charge < -0.3 is 19.9 Å². The molecule has 4 rings (SSSR count). The Morgan fingerprint density at radius 2 is 2.15 bits per heavy atom. The number of carbonyl (C=O) groups is 1. The molecule has 0 bridgehead atoms. The first-order valence-electron chi connectivity index (χ1n) is 9.36. The Morgan fingerprint density at radius 3 is 2.85 bits per heavy atom. The highest BCUT2D eigenvalue weighted by Gasteiger charge is 2.36. The number of halogens is 1. The van der Waals surface area contributed by atoms with Crippen molar-refractivity contribution in [2.75, 3.05) is 26.2 Å². The van der Waals surface area contributed by atoms with Crippen molar-refractivity contribution in [2.24, 2.45) is 4.99 Å². The van der Waals surface area contributed by atoms with E-state index in [2.05, 4.69) is 20.6 Å². The Labute approximate surface area is 181 Å². The molecule has 2 fully saturated rings. The number of guanidine groups is 1. The summed E-state index contributed by atoms with van der Waals surface area (Å²) in [6.07, 6.45) is 2.34. The molecule has 1 saturated heterocycles. The van der Waals surface area contributed by atoms with Gasteiger partial charge in [0.2, 0.25) is 0 Å². The number of ether oxygens (including phenoxy) is 1. The fraction of sp³-hybridized carbons (Fsp3) is 0.722. The number of fused-ring (bicyclic) bond motifs is 1. The molecule has 0 radical (unpaired) electrons. The number of thiazole rings is 1. The van der Waals surface area contributed by atoms with E-state index in [0.717, 1.165) is 24.1 Å². The van der Waals surface area contributed by atoms with E-state index in [9.17, 15) is 4.79 Å². The van der Waals surface area contributed by atoms with Crippen LogP contribution in [0.3, 0.4) is 0 Å². The van der Waals surface area contributed by atoms with Gasteiger partial charge in [0.25, 0.3) is 0 Å². The number of carbonyl (C=O) groups excluding carboxylic acids is 1. The minimum absolute atomic E-state index is 0. The first kappa shape index (κ1) is 20.6. The number of aromatic nitrogens is 1. The third kappa shape index (κ3) is 5.04. The second-order valence-electron chi connectivity index (χ2n) is 8.23. The molecule has 1 aromatic heterocycles. The summed E-state index contributed by atoms with van der Waals surface area (Å²) in [5.74, 6) is 1.64. The lowest BCUT2D eigenvalue weighted by atomic mass is 10.2. The van der Waals surface area contributed by atoms with Gasteiger partial charge >= 0.3 is 6.09 Å². The summed E-state index contributed by atoms with van der Waals surface area (Å²) in [6.45, 7) is 9.23. The minimum atomic E-state index is -0.458. The summed E-state index contributed by atoms with van der Waals surface area (Å²) in [7, 11) is 0. The van der Waals surface area contributed by atoms with Gasteiger partial charge in [0, 0.05) is 30.9 Å². The largest absolute Gasteiger partial charge is 0.444 e. The lowest BCUT2D eigenvalue weighted by Crippen LogP contribution is -2.57. The van der Waals surface area contributed by atoms with E-state index >= 15 is 0 Å². The molecule has 0 spiro atoms. The van der Waals surface area contributed by atoms with Crippen LogP contribution in [0.4, 0.5) is 4.79 Å². The number of piperazine rings is 1. The Hall–Kier alpha value is -1.10. The molecule has 7 nitrogen and oxygen atoms in total. The summed E-state index contributed by atoms with van der Waals surface area (Å²) in [4.78, 5) is 25.7. The molecule has 3 aliphatic rings. The Kier molecular flexibility index (Phi) is 6.19. The predicted molar refractivity (Wildman–Crippen MR) is 117 cm³/mol. The average Bonchev–Trinajstić information content (AvgIpc) is 3.18. The Morgan fingerprint density at radius 1 is 1.37 bits per heavy atom. The molecule has 27 heavy (non-hydrogen) atoms. The number of hydrogen-bond acceptors (Lipinski definition) is 7. The van der Waals surface area contributed by atoms with Crippen LogP contribution in [0.15, 0.2) is 10.4 Å². The molecular formula is C18H28IN5O2S. The van der Waals surface area contributed by atoms with E-state index in [0.29, 0.717) is 25.6 Å². The van der Waals surface area contributed by atoms with Gasteiger partial charge in [-0.05, 0) is 33.6 Å². The molecule has 1 unspecified atom stereocenters. The van der Waals surface area contributed by atoms with Gasteiger partial charge in [-0.25, -0.2) is 9.78 Å². The van der Waals surface area contributed by atoms with Gasteiger partial charge in [-0.2, -0.15) is 0 Å². The molecule has 1 atom stereocenters. The van der Waals surface area contributed by atoms with Crippen LogP contribution in [0.25, 0.3) is 0 Å². The molecule has 1 saturated carbocycles. The van der Waals surface area contributed by atoms with Crippen LogP contribution in [0.2, 0.25) is 0 Å². The minimum Gasteiger partial charge on any atom is -0.444 e. The van der Waals surface area contributed by atoms with Crippen molar-refractivity contribution in [3.63, 3.8) is 0 Å². The molecule has 1 amide bonds. The number of nitrogens with zero attached hydrogens (tertiary/aromatic N) is 4. The molecule has 1 N–H and O–H groups in total. The van der Waals surface area contributed by atoms with E-state index in [1.807, 2.05) is 20.8 Å². The maximum absolute atomic E-state index is 12.3. The van der Waals surface area contributed by atoms with Crippen molar-refractivity contribution in [3.8, 4) is 0 Å². The topological polar surface area (TPSA) is 70.1 Å². The maximum atomic E-state index is 12.3. The molecule has 1 aromatic rings. The molecule has 0 aromatic carbocycles. The highest BCUT2D eigenvalue weighted by atomic mass is 127. The van der Waals surface area contributed by atoms with Crippen molar-refractivity contribution in [1.29, 1.82) is 0 Å². The summed E-state index contributed by atoms with van der Waals surface area (Å²) < 4.78 is 5.49. The highest BCUT2D eigenvalue weighted by Crippen LogP contribution is 2.40. The first-order valence-corrected chi connectivity index (χ1v) is 10.2. The Balaban J connectivity index is 0.00000210. The van der Waals surface area contributed by atoms with Gasteiger partial charge in [0.05, 0.1) is 24.8 Å². The third-order valence-electron chi connectivity index (χ3n) is 4.82. The monoisotopic (exact) mass is 505 g/mol. The summed E-state index contributed by atoms with van der Waals surface area (Å²) in [5, 5.41) is 6.75. The second kappa shape index (κ2) is 8.10. The lowest BCUT2D eigenvalue weighted by molar-refractivity contribution is 0.0137. The number of nitrogens with one attached hydrogen (secondary N) is 1. The van der Waals surface area contributed by atoms with Gasteiger partial charge in [-0.15, -0.1) is 35.3 Å². The van der Waals surface area contributed by atoms with E-state index in [-0.39, 0.29) is 36.1 Å². The molecule has 3 heterocycles. The van der Waals surface area contributed by atoms with Crippen LogP contribution in [0.1, 0.15) is 50.2 Å². The zero-order valence-corrected chi connectivity index (χ0v) is 19.3. The van der Waals surface area contributed by atoms with Crippen LogP contribution in [-0.4, -0.2) is 64.7 Å². The molecular weight excluding hydrogens is 477 g/mol.